The first kappa shape index (κ1) is 16.2. The predicted octanol–water partition coefficient (Wildman–Crippen LogP) is 1.72. The molecule has 1 fully saturated rings. The van der Waals surface area contributed by atoms with E-state index >= 15 is 0 Å². The fraction of sp³-hybridized carbons (Fsp3) is 0.600. The number of aromatic nitrogens is 1. The van der Waals surface area contributed by atoms with Crippen LogP contribution in [-0.2, 0) is 0 Å². The molecule has 0 unspecified atom stereocenters. The Labute approximate surface area is 129 Å². The van der Waals surface area contributed by atoms with E-state index in [9.17, 15) is 15.0 Å². The van der Waals surface area contributed by atoms with Crippen molar-refractivity contribution >= 4 is 17.5 Å². The highest BCUT2D eigenvalue weighted by Gasteiger charge is 2.43. The molecule has 2 N–H and O–H groups in total. The van der Waals surface area contributed by atoms with Gasteiger partial charge in [-0.05, 0) is 18.9 Å². The third-order valence-electron chi connectivity index (χ3n) is 4.19. The Hall–Kier alpha value is -1.17. The zero-order valence-electron chi connectivity index (χ0n) is 12.1. The monoisotopic (exact) mass is 312 g/mol. The van der Waals surface area contributed by atoms with Gasteiger partial charge < -0.3 is 15.1 Å². The standard InChI is InChI=1S/C15H21ClN2O3/c1-2-4-15(10-19)9-18(5-3-13(15)20)14(21)11-6-12(16)8-17-7-11/h6-8,13,19-20H,2-5,9-10H2,1H3/t13-,15+/m1/s1. The number of carbonyl (C=O) groups is 1. The second-order valence-corrected chi connectivity index (χ2v) is 6.13. The molecule has 6 heteroatoms. The molecule has 0 spiro atoms. The molecule has 0 aromatic carbocycles. The lowest BCUT2D eigenvalue weighted by Crippen LogP contribution is -2.55. The number of carbonyl (C=O) groups excluding carboxylic acids is 1. The Bertz CT molecular complexity index is 511. The van der Waals surface area contributed by atoms with Crippen molar-refractivity contribution in [2.75, 3.05) is 19.7 Å². The van der Waals surface area contributed by atoms with E-state index in [1.165, 1.54) is 12.4 Å². The van der Waals surface area contributed by atoms with Crippen molar-refractivity contribution in [1.82, 2.24) is 9.88 Å². The first-order valence-corrected chi connectivity index (χ1v) is 7.59. The van der Waals surface area contributed by atoms with Crippen LogP contribution >= 0.6 is 11.6 Å². The van der Waals surface area contributed by atoms with E-state index in [2.05, 4.69) is 4.98 Å². The topological polar surface area (TPSA) is 73.7 Å². The first-order valence-electron chi connectivity index (χ1n) is 7.21. The average Bonchev–Trinajstić information content (AvgIpc) is 2.49. The van der Waals surface area contributed by atoms with Gasteiger partial charge >= 0.3 is 0 Å². The second kappa shape index (κ2) is 6.73. The molecular formula is C15H21ClN2O3. The van der Waals surface area contributed by atoms with Crippen LogP contribution in [0.15, 0.2) is 18.5 Å². The number of pyridine rings is 1. The van der Waals surface area contributed by atoms with Gasteiger partial charge in [-0.25, -0.2) is 0 Å². The molecule has 1 aliphatic heterocycles. The van der Waals surface area contributed by atoms with Gasteiger partial charge in [0.1, 0.15) is 0 Å². The van der Waals surface area contributed by atoms with Crippen LogP contribution in [0, 0.1) is 5.41 Å². The van der Waals surface area contributed by atoms with E-state index in [4.69, 9.17) is 11.6 Å². The smallest absolute Gasteiger partial charge is 0.255 e. The van der Waals surface area contributed by atoms with Crippen molar-refractivity contribution in [3.05, 3.63) is 29.0 Å². The molecule has 0 bridgehead atoms. The van der Waals surface area contributed by atoms with Crippen LogP contribution in [0.4, 0.5) is 0 Å². The summed E-state index contributed by atoms with van der Waals surface area (Å²) in [7, 11) is 0. The highest BCUT2D eigenvalue weighted by Crippen LogP contribution is 2.35. The summed E-state index contributed by atoms with van der Waals surface area (Å²) in [4.78, 5) is 18.1. The molecule has 2 atom stereocenters. The van der Waals surface area contributed by atoms with Gasteiger partial charge in [0.05, 0.1) is 23.3 Å². The summed E-state index contributed by atoms with van der Waals surface area (Å²) in [5.74, 6) is -0.161. The van der Waals surface area contributed by atoms with E-state index in [1.807, 2.05) is 6.92 Å². The lowest BCUT2D eigenvalue weighted by Gasteiger charge is -2.45. The minimum Gasteiger partial charge on any atom is -0.396 e. The number of hydrogen-bond donors (Lipinski definition) is 2. The summed E-state index contributed by atoms with van der Waals surface area (Å²) in [5, 5.41) is 20.4. The molecular weight excluding hydrogens is 292 g/mol. The summed E-state index contributed by atoms with van der Waals surface area (Å²) >= 11 is 5.87. The van der Waals surface area contributed by atoms with Crippen molar-refractivity contribution in [3.8, 4) is 0 Å². The Morgan fingerprint density at radius 1 is 1.57 bits per heavy atom. The summed E-state index contributed by atoms with van der Waals surface area (Å²) < 4.78 is 0. The van der Waals surface area contributed by atoms with Gasteiger partial charge in [-0.15, -0.1) is 0 Å². The zero-order chi connectivity index (χ0) is 15.5. The molecule has 0 saturated carbocycles. The number of aliphatic hydroxyl groups excluding tert-OH is 2. The lowest BCUT2D eigenvalue weighted by atomic mass is 9.74. The van der Waals surface area contributed by atoms with Gasteiger partial charge in [0, 0.05) is 30.9 Å². The number of piperidine rings is 1. The lowest BCUT2D eigenvalue weighted by molar-refractivity contribution is -0.0720. The largest absolute Gasteiger partial charge is 0.396 e. The maximum absolute atomic E-state index is 12.5. The SMILES string of the molecule is CCC[C@@]1(CO)CN(C(=O)c2cncc(Cl)c2)CC[C@H]1O. The Kier molecular flexibility index (Phi) is 5.19. The fourth-order valence-corrected chi connectivity index (χ4v) is 3.19. The number of likely N-dealkylation sites (tertiary alicyclic amines) is 1. The van der Waals surface area contributed by atoms with Crippen LogP contribution in [-0.4, -0.2) is 51.8 Å². The molecule has 1 amide bonds. The van der Waals surface area contributed by atoms with Gasteiger partial charge in [-0.2, -0.15) is 0 Å². The Morgan fingerprint density at radius 2 is 2.33 bits per heavy atom. The third kappa shape index (κ3) is 3.36. The van der Waals surface area contributed by atoms with E-state index in [1.54, 1.807) is 11.0 Å². The fourth-order valence-electron chi connectivity index (χ4n) is 3.01. The van der Waals surface area contributed by atoms with Crippen LogP contribution in [0.25, 0.3) is 0 Å². The summed E-state index contributed by atoms with van der Waals surface area (Å²) in [6.07, 6.45) is 4.39. The highest BCUT2D eigenvalue weighted by molar-refractivity contribution is 6.30. The number of nitrogens with zero attached hydrogens (tertiary/aromatic N) is 2. The molecule has 1 saturated heterocycles. The van der Waals surface area contributed by atoms with Gasteiger partial charge in [-0.3, -0.25) is 9.78 Å². The number of halogens is 1. The number of rotatable bonds is 4. The maximum Gasteiger partial charge on any atom is 0.255 e. The van der Waals surface area contributed by atoms with E-state index in [0.717, 1.165) is 6.42 Å². The van der Waals surface area contributed by atoms with E-state index in [0.29, 0.717) is 36.5 Å². The normalized spacial score (nSPS) is 25.9. The molecule has 0 radical (unpaired) electrons. The molecule has 116 valence electrons. The minimum atomic E-state index is -0.630. The molecule has 2 heterocycles. The van der Waals surface area contributed by atoms with E-state index < -0.39 is 11.5 Å². The Balaban J connectivity index is 2.19. The highest BCUT2D eigenvalue weighted by atomic mass is 35.5. The van der Waals surface area contributed by atoms with Gasteiger partial charge in [0.15, 0.2) is 0 Å². The van der Waals surface area contributed by atoms with Crippen LogP contribution in [0.3, 0.4) is 0 Å². The molecule has 0 aliphatic carbocycles. The average molecular weight is 313 g/mol. The van der Waals surface area contributed by atoms with E-state index in [-0.39, 0.29) is 12.5 Å². The van der Waals surface area contributed by atoms with Crippen LogP contribution < -0.4 is 0 Å². The van der Waals surface area contributed by atoms with Crippen LogP contribution in [0.5, 0.6) is 0 Å². The van der Waals surface area contributed by atoms with Crippen molar-refractivity contribution in [3.63, 3.8) is 0 Å². The molecule has 2 rings (SSSR count). The third-order valence-corrected chi connectivity index (χ3v) is 4.39. The number of aliphatic hydroxyl groups is 2. The zero-order valence-corrected chi connectivity index (χ0v) is 12.9. The molecule has 1 aromatic rings. The summed E-state index contributed by atoms with van der Waals surface area (Å²) in [6, 6.07) is 1.59. The predicted molar refractivity (Wildman–Crippen MR) is 80.2 cm³/mol. The quantitative estimate of drug-likeness (QED) is 0.888. The van der Waals surface area contributed by atoms with Crippen molar-refractivity contribution < 1.29 is 15.0 Å². The second-order valence-electron chi connectivity index (χ2n) is 5.69. The summed E-state index contributed by atoms with van der Waals surface area (Å²) in [5.41, 5.74) is -0.198. The van der Waals surface area contributed by atoms with Crippen molar-refractivity contribution in [2.45, 2.75) is 32.3 Å². The number of amides is 1. The molecule has 21 heavy (non-hydrogen) atoms. The minimum absolute atomic E-state index is 0.125. The van der Waals surface area contributed by atoms with Gasteiger partial charge in [-0.1, -0.05) is 24.9 Å². The van der Waals surface area contributed by atoms with Crippen LogP contribution in [0.1, 0.15) is 36.5 Å². The number of hydrogen-bond acceptors (Lipinski definition) is 4. The first-order chi connectivity index (χ1) is 10.0. The molecule has 1 aliphatic rings. The Morgan fingerprint density at radius 3 is 2.95 bits per heavy atom. The molecule has 1 aromatic heterocycles. The van der Waals surface area contributed by atoms with Crippen molar-refractivity contribution in [1.29, 1.82) is 0 Å². The molecule has 5 nitrogen and oxygen atoms in total. The van der Waals surface area contributed by atoms with Crippen molar-refractivity contribution in [2.24, 2.45) is 5.41 Å². The van der Waals surface area contributed by atoms with Gasteiger partial charge in [0.25, 0.3) is 5.91 Å². The maximum atomic E-state index is 12.5. The van der Waals surface area contributed by atoms with Crippen LogP contribution in [0.2, 0.25) is 5.02 Å². The van der Waals surface area contributed by atoms with Gasteiger partial charge in [0.2, 0.25) is 0 Å². The summed E-state index contributed by atoms with van der Waals surface area (Å²) in [6.45, 7) is 2.70.